The van der Waals surface area contributed by atoms with Crippen molar-refractivity contribution in [2.45, 2.75) is 49.9 Å². The summed E-state index contributed by atoms with van der Waals surface area (Å²) in [7, 11) is 0. The number of aliphatic hydroxyl groups excluding tert-OH is 2. The largest absolute Gasteiger partial charge is 0.460 e. The third kappa shape index (κ3) is 7.04. The Morgan fingerprint density at radius 3 is 2.76 bits per heavy atom. The Morgan fingerprint density at radius 1 is 1.18 bits per heavy atom. The molecule has 0 aromatic rings. The van der Waals surface area contributed by atoms with Gasteiger partial charge in [-0.05, 0) is 6.92 Å². The van der Waals surface area contributed by atoms with Crippen molar-refractivity contribution in [2.24, 2.45) is 0 Å². The normalized spacial score (nSPS) is 33.5. The minimum absolute atomic E-state index is 0.0650. The molecule has 3 rings (SSSR count). The molecule has 3 aliphatic rings. The number of carbonyl (C=O) groups is 4. The highest BCUT2D eigenvalue weighted by atomic mass is 32.2. The van der Waals surface area contributed by atoms with Crippen LogP contribution in [0.3, 0.4) is 0 Å². The van der Waals surface area contributed by atoms with Crippen LogP contribution in [0.25, 0.3) is 0 Å². The lowest BCUT2D eigenvalue weighted by molar-refractivity contribution is -0.149. The van der Waals surface area contributed by atoms with E-state index >= 15 is 0 Å². The van der Waals surface area contributed by atoms with Gasteiger partial charge in [0.25, 0.3) is 11.8 Å². The second-order valence-electron chi connectivity index (χ2n) is 7.90. The first-order valence-electron chi connectivity index (χ1n) is 10.6. The molecule has 0 aromatic carbocycles. The van der Waals surface area contributed by atoms with Gasteiger partial charge in [-0.1, -0.05) is 30.4 Å². The van der Waals surface area contributed by atoms with Gasteiger partial charge in [0.15, 0.2) is 5.37 Å². The third-order valence-electron chi connectivity index (χ3n) is 5.05. The van der Waals surface area contributed by atoms with Crippen molar-refractivity contribution in [2.75, 3.05) is 12.3 Å². The second-order valence-corrected chi connectivity index (χ2v) is 8.99. The summed E-state index contributed by atoms with van der Waals surface area (Å²) in [5.41, 5.74) is 0.179. The zero-order valence-electron chi connectivity index (χ0n) is 18.1. The van der Waals surface area contributed by atoms with E-state index in [0.717, 1.165) is 11.8 Å². The van der Waals surface area contributed by atoms with Gasteiger partial charge in [0, 0.05) is 36.9 Å². The lowest BCUT2D eigenvalue weighted by Gasteiger charge is -2.24. The van der Waals surface area contributed by atoms with E-state index in [0.29, 0.717) is 12.0 Å². The van der Waals surface area contributed by atoms with Crippen molar-refractivity contribution in [3.8, 4) is 0 Å². The average molecular weight is 478 g/mol. The van der Waals surface area contributed by atoms with Crippen molar-refractivity contribution < 1.29 is 34.1 Å². The number of nitrogens with zero attached hydrogens (tertiary/aromatic N) is 1. The Hall–Kier alpha value is -2.89. The van der Waals surface area contributed by atoms with E-state index in [2.05, 4.69) is 10.6 Å². The molecule has 0 saturated heterocycles. The number of fused-ring (bicyclic) bond motifs is 4. The smallest absolute Gasteiger partial charge is 0.339 e. The maximum absolute atomic E-state index is 13.3. The fourth-order valence-electron chi connectivity index (χ4n) is 3.35. The Balaban J connectivity index is 2.03. The molecule has 4 N–H and O–H groups in total. The molecule has 33 heavy (non-hydrogen) atoms. The molecule has 4 unspecified atom stereocenters. The van der Waals surface area contributed by atoms with Crippen LogP contribution in [0.4, 0.5) is 0 Å². The Morgan fingerprint density at radius 2 is 1.97 bits per heavy atom. The minimum atomic E-state index is -1.15. The molecule has 10 nitrogen and oxygen atoms in total. The van der Waals surface area contributed by atoms with Crippen LogP contribution in [0.5, 0.6) is 0 Å². The number of cyclic esters (lactones) is 1. The molecule has 0 spiro atoms. The van der Waals surface area contributed by atoms with Crippen molar-refractivity contribution in [3.63, 3.8) is 0 Å². The fraction of sp³-hybridized carbons (Fsp3) is 0.455. The molecule has 11 heteroatoms. The van der Waals surface area contributed by atoms with Crippen LogP contribution in [0.15, 0.2) is 47.9 Å². The topological polar surface area (TPSA) is 145 Å². The van der Waals surface area contributed by atoms with Crippen LogP contribution in [0.2, 0.25) is 0 Å². The van der Waals surface area contributed by atoms with Gasteiger partial charge >= 0.3 is 5.97 Å². The number of aliphatic hydroxyl groups is 2. The Labute approximate surface area is 195 Å². The molecule has 3 heterocycles. The zero-order valence-corrected chi connectivity index (χ0v) is 18.9. The highest BCUT2D eigenvalue weighted by molar-refractivity contribution is 8.00. The van der Waals surface area contributed by atoms with Crippen molar-refractivity contribution in [1.29, 1.82) is 0 Å². The van der Waals surface area contributed by atoms with E-state index in [1.54, 1.807) is 31.2 Å². The van der Waals surface area contributed by atoms with Crippen LogP contribution >= 0.6 is 11.8 Å². The first-order chi connectivity index (χ1) is 15.7. The number of hydrogen-bond donors (Lipinski definition) is 4. The van der Waals surface area contributed by atoms with Crippen LogP contribution in [0.1, 0.15) is 26.2 Å². The zero-order chi connectivity index (χ0) is 24.0. The highest BCUT2D eigenvalue weighted by Crippen LogP contribution is 2.23. The number of amides is 3. The molecule has 0 radical (unpaired) electrons. The lowest BCUT2D eigenvalue weighted by Crippen LogP contribution is -2.46. The number of nitrogens with one attached hydrogen (secondary N) is 2. The molecule has 3 amide bonds. The van der Waals surface area contributed by atoms with Crippen LogP contribution < -0.4 is 10.6 Å². The first kappa shape index (κ1) is 24.7. The van der Waals surface area contributed by atoms with E-state index < -0.39 is 41.5 Å². The molecule has 0 saturated carbocycles. The predicted molar refractivity (Wildman–Crippen MR) is 120 cm³/mol. The molecule has 3 aliphatic heterocycles. The monoisotopic (exact) mass is 477 g/mol. The van der Waals surface area contributed by atoms with Crippen molar-refractivity contribution in [3.05, 3.63) is 47.9 Å². The molecule has 0 aromatic heterocycles. The fourth-order valence-corrected chi connectivity index (χ4v) is 4.32. The summed E-state index contributed by atoms with van der Waals surface area (Å²) < 4.78 is 5.36. The number of esters is 1. The number of ether oxygens (including phenoxy) is 1. The summed E-state index contributed by atoms with van der Waals surface area (Å²) in [6, 6.07) is 0. The van der Waals surface area contributed by atoms with Gasteiger partial charge in [-0.2, -0.15) is 0 Å². The van der Waals surface area contributed by atoms with Crippen LogP contribution in [0, 0.1) is 0 Å². The summed E-state index contributed by atoms with van der Waals surface area (Å²) in [6.45, 7) is 1.79. The molecule has 4 bridgehead atoms. The van der Waals surface area contributed by atoms with Gasteiger partial charge in [-0.3, -0.25) is 14.4 Å². The second kappa shape index (κ2) is 11.3. The maximum Gasteiger partial charge on any atom is 0.339 e. The van der Waals surface area contributed by atoms with Gasteiger partial charge in [-0.15, -0.1) is 11.8 Å². The molecule has 178 valence electrons. The van der Waals surface area contributed by atoms with E-state index in [1.807, 2.05) is 0 Å². The number of rotatable bonds is 0. The number of thioether (sulfide) groups is 1. The van der Waals surface area contributed by atoms with Crippen LogP contribution in [-0.4, -0.2) is 74.8 Å². The SMILES string of the molecule is CC1C/C=C2\CSC(NC(=O)C3=CN(C/C=C/C=C/C(O)CC(O)CC(=O)N3)C2=O)C(=O)O1. The molecule has 4 atom stereocenters. The standard InChI is InChI=1S/C22H27N3O7S/c1-13-6-7-14-12-33-20(22(31)32-13)24-19(29)17-11-25(21(14)30)8-4-2-3-5-15(26)9-16(27)10-18(28)23-17/h2-5,7,11,13,15-16,20,26-27H,6,8-10,12H2,1H3,(H,23,28)(H,24,29)/b4-2+,5-3+,14-7+,17-11?. The minimum Gasteiger partial charge on any atom is -0.460 e. The van der Waals surface area contributed by atoms with Gasteiger partial charge in [-0.25, -0.2) is 4.79 Å². The lowest BCUT2D eigenvalue weighted by atomic mass is 10.1. The van der Waals surface area contributed by atoms with E-state index in [4.69, 9.17) is 4.74 Å². The van der Waals surface area contributed by atoms with E-state index in [9.17, 15) is 29.4 Å². The molecule has 0 aliphatic carbocycles. The summed E-state index contributed by atoms with van der Waals surface area (Å²) in [5.74, 6) is -2.31. The third-order valence-corrected chi connectivity index (χ3v) is 6.17. The Kier molecular flexibility index (Phi) is 8.48. The van der Waals surface area contributed by atoms with Gasteiger partial charge in [0.2, 0.25) is 5.91 Å². The van der Waals surface area contributed by atoms with Crippen molar-refractivity contribution >= 4 is 35.5 Å². The number of allylic oxidation sites excluding steroid dienone is 2. The maximum atomic E-state index is 13.3. The summed E-state index contributed by atoms with van der Waals surface area (Å²) in [4.78, 5) is 52.6. The summed E-state index contributed by atoms with van der Waals surface area (Å²) in [5, 5.41) is 24.0. The quantitative estimate of drug-likeness (QED) is 0.353. The molecule has 0 fully saturated rings. The van der Waals surface area contributed by atoms with Crippen molar-refractivity contribution in [1.82, 2.24) is 15.5 Å². The Bertz CT molecular complexity index is 927. The predicted octanol–water partition coefficient (Wildman–Crippen LogP) is -0.148. The van der Waals surface area contributed by atoms with Gasteiger partial charge in [0.05, 0.1) is 18.6 Å². The summed E-state index contributed by atoms with van der Waals surface area (Å²) >= 11 is 1.05. The van der Waals surface area contributed by atoms with Gasteiger partial charge < -0.3 is 30.5 Å². The molecular weight excluding hydrogens is 450 g/mol. The number of hydrogen-bond acceptors (Lipinski definition) is 8. The van der Waals surface area contributed by atoms with Crippen LogP contribution in [-0.2, 0) is 23.9 Å². The number of carbonyl (C=O) groups excluding carboxylic acids is 4. The average Bonchev–Trinajstić information content (AvgIpc) is 2.80. The highest BCUT2D eigenvalue weighted by Gasteiger charge is 2.31. The van der Waals surface area contributed by atoms with E-state index in [1.165, 1.54) is 17.2 Å². The molecular formula is C22H27N3O7S. The van der Waals surface area contributed by atoms with Gasteiger partial charge in [0.1, 0.15) is 11.8 Å². The summed E-state index contributed by atoms with van der Waals surface area (Å²) in [6.07, 6.45) is 6.58. The first-order valence-corrected chi connectivity index (χ1v) is 11.6. The van der Waals surface area contributed by atoms with E-state index in [-0.39, 0.29) is 36.7 Å².